The molecular formula is C31H24ClN3O5. The molecule has 2 amide bonds. The summed E-state index contributed by atoms with van der Waals surface area (Å²) >= 11 is 6.36. The Morgan fingerprint density at radius 2 is 1.82 bits per heavy atom. The summed E-state index contributed by atoms with van der Waals surface area (Å²) in [7, 11) is 0. The van der Waals surface area contributed by atoms with Crippen molar-refractivity contribution < 1.29 is 23.9 Å². The number of hydrogen-bond acceptors (Lipinski definition) is 5. The number of carbonyl (C=O) groups is 3. The highest BCUT2D eigenvalue weighted by Crippen LogP contribution is 2.52. The lowest BCUT2D eigenvalue weighted by Gasteiger charge is -2.31. The average Bonchev–Trinajstić information content (AvgIpc) is 3.69. The summed E-state index contributed by atoms with van der Waals surface area (Å²) < 4.78 is 6.13. The first-order valence-corrected chi connectivity index (χ1v) is 13.3. The highest BCUT2D eigenvalue weighted by atomic mass is 35.5. The predicted octanol–water partition coefficient (Wildman–Crippen LogP) is 5.39. The van der Waals surface area contributed by atoms with Crippen LogP contribution in [0.25, 0.3) is 21.9 Å². The monoisotopic (exact) mass is 553 g/mol. The molecule has 2 aliphatic heterocycles. The molecule has 4 atom stereocenters. The fourth-order valence-corrected chi connectivity index (χ4v) is 6.57. The van der Waals surface area contributed by atoms with E-state index in [4.69, 9.17) is 16.0 Å². The minimum absolute atomic E-state index is 0.0221. The van der Waals surface area contributed by atoms with Crippen molar-refractivity contribution in [2.75, 3.05) is 4.90 Å². The summed E-state index contributed by atoms with van der Waals surface area (Å²) in [5.41, 5.74) is 1.52. The first-order valence-electron chi connectivity index (χ1n) is 13.0. The topological polar surface area (TPSA) is 116 Å². The molecule has 40 heavy (non-hydrogen) atoms. The Balaban J connectivity index is 1.40. The Kier molecular flexibility index (Phi) is 5.42. The number of imide groups is 1. The first-order chi connectivity index (χ1) is 19.3. The number of anilines is 1. The van der Waals surface area contributed by atoms with E-state index in [2.05, 4.69) is 10.3 Å². The van der Waals surface area contributed by atoms with Gasteiger partial charge in [-0.25, -0.2) is 4.90 Å². The number of carbonyl (C=O) groups excluding carboxylic acids is 2. The smallest absolute Gasteiger partial charge is 0.325 e. The maximum absolute atomic E-state index is 14.2. The minimum Gasteiger partial charge on any atom is -0.480 e. The molecule has 3 N–H and O–H groups in total. The van der Waals surface area contributed by atoms with Crippen LogP contribution in [0, 0.1) is 18.8 Å². The van der Waals surface area contributed by atoms with E-state index in [1.807, 2.05) is 55.5 Å². The van der Waals surface area contributed by atoms with Gasteiger partial charge in [-0.2, -0.15) is 0 Å². The van der Waals surface area contributed by atoms with Gasteiger partial charge in [0.25, 0.3) is 0 Å². The third-order valence-corrected chi connectivity index (χ3v) is 8.75. The largest absolute Gasteiger partial charge is 0.480 e. The lowest BCUT2D eigenvalue weighted by molar-refractivity contribution is -0.148. The minimum atomic E-state index is -1.78. The van der Waals surface area contributed by atoms with Gasteiger partial charge in [-0.05, 0) is 48.4 Å². The highest BCUT2D eigenvalue weighted by molar-refractivity contribution is 6.32. The molecule has 9 heteroatoms. The lowest BCUT2D eigenvalue weighted by atomic mass is 9.76. The number of benzene rings is 3. The number of nitrogens with one attached hydrogen (secondary N) is 2. The van der Waals surface area contributed by atoms with E-state index < -0.39 is 41.2 Å². The van der Waals surface area contributed by atoms with Crippen LogP contribution in [0.15, 0.2) is 83.4 Å². The normalized spacial score (nSPS) is 24.4. The van der Waals surface area contributed by atoms with Crippen molar-refractivity contribution in [1.82, 2.24) is 10.3 Å². The van der Waals surface area contributed by atoms with E-state index in [0.717, 1.165) is 32.3 Å². The second-order valence-electron chi connectivity index (χ2n) is 10.6. The molecule has 0 saturated carbocycles. The summed E-state index contributed by atoms with van der Waals surface area (Å²) in [5, 5.41) is 16.1. The van der Waals surface area contributed by atoms with Crippen LogP contribution < -0.4 is 10.2 Å². The first kappa shape index (κ1) is 24.6. The Bertz CT molecular complexity index is 1830. The van der Waals surface area contributed by atoms with E-state index in [-0.39, 0.29) is 6.42 Å². The molecule has 0 aliphatic carbocycles. The van der Waals surface area contributed by atoms with Crippen LogP contribution in [0.4, 0.5) is 5.69 Å². The van der Waals surface area contributed by atoms with Gasteiger partial charge in [-0.1, -0.05) is 54.1 Å². The number of hydrogen-bond donors (Lipinski definition) is 3. The Hall–Kier alpha value is -4.40. The average molecular weight is 554 g/mol. The molecule has 2 saturated heterocycles. The van der Waals surface area contributed by atoms with E-state index in [1.165, 1.54) is 0 Å². The fraction of sp³-hybridized carbons (Fsp3) is 0.194. The predicted molar refractivity (Wildman–Crippen MR) is 150 cm³/mol. The molecule has 0 radical (unpaired) electrons. The third-order valence-electron chi connectivity index (χ3n) is 8.34. The molecule has 200 valence electrons. The molecule has 4 heterocycles. The van der Waals surface area contributed by atoms with Crippen LogP contribution in [-0.4, -0.2) is 33.4 Å². The molecule has 0 spiro atoms. The highest BCUT2D eigenvalue weighted by Gasteiger charge is 2.69. The van der Waals surface area contributed by atoms with Crippen molar-refractivity contribution in [3.63, 3.8) is 0 Å². The molecule has 5 aromatic rings. The number of furan rings is 1. The number of carboxylic acid groups (broad SMARTS) is 1. The van der Waals surface area contributed by atoms with Crippen molar-refractivity contribution in [3.05, 3.63) is 101 Å². The third kappa shape index (κ3) is 3.46. The van der Waals surface area contributed by atoms with Crippen LogP contribution in [0.1, 0.15) is 22.9 Å². The standard InChI is InChI=1S/C31H24ClN3O5/c1-16-10-11-19(13-21(16)32)35-28(36)25-26(29(35)37)31(30(38)39,14-18-15-33-22-8-4-3-7-20(18)22)34-27(25)24-12-17-6-2-5-9-23(17)40-24/h2-13,15,25-27,33-34H,14H2,1H3,(H,38,39). The molecule has 3 aromatic carbocycles. The zero-order valence-corrected chi connectivity index (χ0v) is 22.1. The van der Waals surface area contributed by atoms with Crippen LogP contribution in [0.3, 0.4) is 0 Å². The van der Waals surface area contributed by atoms with Crippen LogP contribution in [-0.2, 0) is 20.8 Å². The maximum Gasteiger partial charge on any atom is 0.325 e. The number of carboxylic acids is 1. The van der Waals surface area contributed by atoms with Gasteiger partial charge >= 0.3 is 5.97 Å². The van der Waals surface area contributed by atoms with Crippen molar-refractivity contribution >= 4 is 56.9 Å². The SMILES string of the molecule is Cc1ccc(N2C(=O)C3C(c4cc5ccccc5o4)NC(Cc4c[nH]c5ccccc45)(C(=O)O)C3C2=O)cc1Cl. The second kappa shape index (κ2) is 8.81. The summed E-state index contributed by atoms with van der Waals surface area (Å²) in [6, 6.07) is 20.9. The zero-order chi connectivity index (χ0) is 27.8. The molecular weight excluding hydrogens is 530 g/mol. The van der Waals surface area contributed by atoms with E-state index in [9.17, 15) is 19.5 Å². The van der Waals surface area contributed by atoms with Crippen molar-refractivity contribution in [3.8, 4) is 0 Å². The summed E-state index contributed by atoms with van der Waals surface area (Å²) in [5.74, 6) is -4.07. The van der Waals surface area contributed by atoms with E-state index in [0.29, 0.717) is 22.1 Å². The van der Waals surface area contributed by atoms with Gasteiger partial charge in [0.15, 0.2) is 0 Å². The number of amides is 2. The number of H-pyrrole nitrogens is 1. The fourth-order valence-electron chi connectivity index (χ4n) is 6.39. The number of fused-ring (bicyclic) bond motifs is 3. The number of nitrogens with zero attached hydrogens (tertiary/aromatic N) is 1. The van der Waals surface area contributed by atoms with Gasteiger partial charge in [-0.15, -0.1) is 0 Å². The van der Waals surface area contributed by atoms with Crippen molar-refractivity contribution in [1.29, 1.82) is 0 Å². The van der Waals surface area contributed by atoms with Gasteiger partial charge in [0.05, 0.1) is 23.6 Å². The lowest BCUT2D eigenvalue weighted by Crippen LogP contribution is -2.57. The molecule has 0 bridgehead atoms. The van der Waals surface area contributed by atoms with Gasteiger partial charge in [0.1, 0.15) is 16.9 Å². The molecule has 8 nitrogen and oxygen atoms in total. The number of rotatable bonds is 5. The number of para-hydroxylation sites is 2. The summed E-state index contributed by atoms with van der Waals surface area (Å²) in [6.45, 7) is 1.83. The van der Waals surface area contributed by atoms with Gasteiger partial charge in [-0.3, -0.25) is 19.7 Å². The number of aliphatic carboxylic acids is 1. The summed E-state index contributed by atoms with van der Waals surface area (Å²) in [4.78, 5) is 45.8. The van der Waals surface area contributed by atoms with Crippen molar-refractivity contribution in [2.24, 2.45) is 11.8 Å². The Labute approximate surface area is 233 Å². The Morgan fingerprint density at radius 3 is 2.60 bits per heavy atom. The number of aryl methyl sites for hydroxylation is 1. The second-order valence-corrected chi connectivity index (χ2v) is 11.0. The number of aromatic amines is 1. The number of halogens is 1. The van der Waals surface area contributed by atoms with E-state index >= 15 is 0 Å². The Morgan fingerprint density at radius 1 is 1.05 bits per heavy atom. The number of aromatic nitrogens is 1. The van der Waals surface area contributed by atoms with Gasteiger partial charge < -0.3 is 14.5 Å². The molecule has 2 aromatic heterocycles. The molecule has 2 aliphatic rings. The van der Waals surface area contributed by atoms with Gasteiger partial charge in [0, 0.05) is 33.9 Å². The van der Waals surface area contributed by atoms with Gasteiger partial charge in [0.2, 0.25) is 11.8 Å². The van der Waals surface area contributed by atoms with Crippen molar-refractivity contribution in [2.45, 2.75) is 24.9 Å². The van der Waals surface area contributed by atoms with Crippen LogP contribution in [0.2, 0.25) is 5.02 Å². The molecule has 4 unspecified atom stereocenters. The zero-order valence-electron chi connectivity index (χ0n) is 21.4. The maximum atomic E-state index is 14.2. The van der Waals surface area contributed by atoms with Crippen LogP contribution in [0.5, 0.6) is 0 Å². The van der Waals surface area contributed by atoms with E-state index in [1.54, 1.807) is 30.5 Å². The summed E-state index contributed by atoms with van der Waals surface area (Å²) in [6.07, 6.45) is 1.74. The van der Waals surface area contributed by atoms with Crippen LogP contribution >= 0.6 is 11.6 Å². The molecule has 2 fully saturated rings. The molecule has 7 rings (SSSR count). The quantitative estimate of drug-likeness (QED) is 0.251.